The number of benzene rings is 1. The fourth-order valence-electron chi connectivity index (χ4n) is 1.21. The molecule has 0 N–H and O–H groups in total. The van der Waals surface area contributed by atoms with E-state index < -0.39 is 5.54 Å². The second kappa shape index (κ2) is 5.59. The Kier molecular flexibility index (Phi) is 4.87. The van der Waals surface area contributed by atoms with E-state index in [1.54, 1.807) is 30.1 Å². The number of amides is 1. The largest absolute Gasteiger partial charge is 0.335 e. The first-order valence-electron chi connectivity index (χ1n) is 5.09. The highest BCUT2D eigenvalue weighted by Gasteiger charge is 2.28. The van der Waals surface area contributed by atoms with E-state index in [2.05, 4.69) is 15.9 Å². The van der Waals surface area contributed by atoms with Crippen LogP contribution in [0.4, 0.5) is 0 Å². The van der Waals surface area contributed by atoms with E-state index in [9.17, 15) is 4.79 Å². The van der Waals surface area contributed by atoms with Gasteiger partial charge in [-0.1, -0.05) is 27.5 Å². The van der Waals surface area contributed by atoms with Gasteiger partial charge >= 0.3 is 0 Å². The van der Waals surface area contributed by atoms with Crippen LogP contribution in [0.5, 0.6) is 0 Å². The van der Waals surface area contributed by atoms with Gasteiger partial charge in [-0.05, 0) is 32.0 Å². The van der Waals surface area contributed by atoms with Crippen LogP contribution in [0, 0.1) is 0 Å². The van der Waals surface area contributed by atoms with Crippen LogP contribution in [-0.4, -0.2) is 29.3 Å². The molecule has 0 bridgehead atoms. The fraction of sp³-hybridized carbons (Fsp3) is 0.417. The van der Waals surface area contributed by atoms with Crippen molar-refractivity contribution < 1.29 is 4.79 Å². The molecule has 0 aromatic heterocycles. The predicted molar refractivity (Wildman–Crippen MR) is 76.0 cm³/mol. The van der Waals surface area contributed by atoms with E-state index in [0.29, 0.717) is 16.5 Å². The fourth-order valence-corrected chi connectivity index (χ4v) is 1.95. The predicted octanol–water partition coefficient (Wildman–Crippen LogP) is 4.19. The number of carbonyl (C=O) groups excluding carboxylic acids is 1. The van der Waals surface area contributed by atoms with Gasteiger partial charge in [-0.15, -0.1) is 11.6 Å². The summed E-state index contributed by atoms with van der Waals surface area (Å²) in [5.74, 6) is 0.225. The first-order valence-corrected chi connectivity index (χ1v) is 6.79. The maximum absolute atomic E-state index is 12.3. The van der Waals surface area contributed by atoms with Crippen LogP contribution in [-0.2, 0) is 0 Å². The summed E-state index contributed by atoms with van der Waals surface area (Å²) in [4.78, 5) is 13.9. The van der Waals surface area contributed by atoms with Gasteiger partial charge in [0.2, 0.25) is 0 Å². The lowest BCUT2D eigenvalue weighted by molar-refractivity contribution is 0.0660. The minimum Gasteiger partial charge on any atom is -0.335 e. The van der Waals surface area contributed by atoms with E-state index in [4.69, 9.17) is 23.2 Å². The molecule has 0 aliphatic rings. The summed E-state index contributed by atoms with van der Waals surface area (Å²) in [5.41, 5.74) is 0.0614. The molecule has 0 radical (unpaired) electrons. The number of halogens is 3. The highest BCUT2D eigenvalue weighted by atomic mass is 79.9. The van der Waals surface area contributed by atoms with Crippen LogP contribution in [0.2, 0.25) is 5.02 Å². The number of rotatable bonds is 3. The van der Waals surface area contributed by atoms with Crippen LogP contribution in [0.15, 0.2) is 22.7 Å². The summed E-state index contributed by atoms with van der Waals surface area (Å²) in [6.45, 7) is 3.81. The molecule has 5 heteroatoms. The maximum atomic E-state index is 12.3. The van der Waals surface area contributed by atoms with Gasteiger partial charge in [0, 0.05) is 17.4 Å². The summed E-state index contributed by atoms with van der Waals surface area (Å²) < 4.78 is 0.822. The third-order valence-corrected chi connectivity index (χ3v) is 4.18. The normalized spacial score (nSPS) is 11.4. The molecule has 2 nitrogen and oxygen atoms in total. The lowest BCUT2D eigenvalue weighted by Crippen LogP contribution is -2.46. The minimum absolute atomic E-state index is 0.137. The zero-order valence-corrected chi connectivity index (χ0v) is 13.0. The number of hydrogen-bond donors (Lipinski definition) is 0. The van der Waals surface area contributed by atoms with Crippen molar-refractivity contribution in [2.75, 3.05) is 12.9 Å². The Balaban J connectivity index is 3.08. The van der Waals surface area contributed by atoms with Gasteiger partial charge in [0.15, 0.2) is 0 Å². The first kappa shape index (κ1) is 14.8. The zero-order valence-electron chi connectivity index (χ0n) is 9.93. The molecule has 0 unspecified atom stereocenters. The van der Waals surface area contributed by atoms with Crippen molar-refractivity contribution in [2.45, 2.75) is 19.4 Å². The van der Waals surface area contributed by atoms with E-state index in [-0.39, 0.29) is 5.91 Å². The highest BCUT2D eigenvalue weighted by Crippen LogP contribution is 2.25. The summed E-state index contributed by atoms with van der Waals surface area (Å²) in [6.07, 6.45) is 0. The molecule has 94 valence electrons. The van der Waals surface area contributed by atoms with Crippen molar-refractivity contribution in [2.24, 2.45) is 0 Å². The van der Waals surface area contributed by atoms with E-state index in [1.807, 2.05) is 13.8 Å². The van der Waals surface area contributed by atoms with Crippen molar-refractivity contribution in [3.05, 3.63) is 33.3 Å². The number of nitrogens with zero attached hydrogens (tertiary/aromatic N) is 1. The van der Waals surface area contributed by atoms with Gasteiger partial charge in [0.1, 0.15) is 0 Å². The molecule has 0 aliphatic carbocycles. The van der Waals surface area contributed by atoms with Gasteiger partial charge in [0.25, 0.3) is 5.91 Å². The van der Waals surface area contributed by atoms with Gasteiger partial charge < -0.3 is 4.90 Å². The molecular formula is C12H14BrCl2NO. The average molecular weight is 339 g/mol. The number of carbonyl (C=O) groups is 1. The van der Waals surface area contributed by atoms with Crippen LogP contribution in [0.3, 0.4) is 0 Å². The van der Waals surface area contributed by atoms with E-state index in [0.717, 1.165) is 4.47 Å². The lowest BCUT2D eigenvalue weighted by atomic mass is 10.0. The average Bonchev–Trinajstić information content (AvgIpc) is 2.30. The quantitative estimate of drug-likeness (QED) is 0.756. The molecule has 0 heterocycles. The molecule has 0 fully saturated rings. The second-order valence-corrected chi connectivity index (χ2v) is 6.02. The van der Waals surface area contributed by atoms with Crippen molar-refractivity contribution in [3.8, 4) is 0 Å². The minimum atomic E-state index is -0.412. The van der Waals surface area contributed by atoms with Crippen LogP contribution in [0.1, 0.15) is 24.2 Å². The van der Waals surface area contributed by atoms with E-state index in [1.165, 1.54) is 0 Å². The highest BCUT2D eigenvalue weighted by molar-refractivity contribution is 9.10. The van der Waals surface area contributed by atoms with Crippen LogP contribution >= 0.6 is 39.1 Å². The number of alkyl halides is 1. The van der Waals surface area contributed by atoms with Crippen molar-refractivity contribution >= 4 is 45.0 Å². The summed E-state index contributed by atoms with van der Waals surface area (Å²) in [5, 5.41) is 0.440. The molecule has 0 atom stereocenters. The summed E-state index contributed by atoms with van der Waals surface area (Å²) >= 11 is 15.2. The smallest absolute Gasteiger partial charge is 0.255 e. The van der Waals surface area contributed by atoms with Crippen molar-refractivity contribution in [1.82, 2.24) is 4.90 Å². The zero-order chi connectivity index (χ0) is 13.2. The Hall–Kier alpha value is -0.250. The molecule has 1 aromatic rings. The van der Waals surface area contributed by atoms with E-state index >= 15 is 0 Å². The molecule has 1 aromatic carbocycles. The van der Waals surface area contributed by atoms with Gasteiger partial charge in [0.05, 0.1) is 16.1 Å². The second-order valence-electron chi connectivity index (χ2n) is 4.43. The molecule has 0 spiro atoms. The molecule has 1 amide bonds. The van der Waals surface area contributed by atoms with Crippen LogP contribution in [0.25, 0.3) is 0 Å². The monoisotopic (exact) mass is 337 g/mol. The lowest BCUT2D eigenvalue weighted by Gasteiger charge is -2.34. The molecule has 17 heavy (non-hydrogen) atoms. The topological polar surface area (TPSA) is 20.3 Å². The van der Waals surface area contributed by atoms with Gasteiger partial charge in [-0.25, -0.2) is 0 Å². The third-order valence-electron chi connectivity index (χ3n) is 2.70. The van der Waals surface area contributed by atoms with Gasteiger partial charge in [-0.3, -0.25) is 4.79 Å². The Labute approximate surface area is 120 Å². The Morgan fingerprint density at radius 3 is 2.59 bits per heavy atom. The Morgan fingerprint density at radius 2 is 2.06 bits per heavy atom. The van der Waals surface area contributed by atoms with Crippen LogP contribution < -0.4 is 0 Å². The maximum Gasteiger partial charge on any atom is 0.255 e. The molecular weight excluding hydrogens is 325 g/mol. The summed E-state index contributed by atoms with van der Waals surface area (Å²) in [7, 11) is 1.72. The third kappa shape index (κ3) is 3.36. The summed E-state index contributed by atoms with van der Waals surface area (Å²) in [6, 6.07) is 5.21. The molecule has 0 aliphatic heterocycles. The first-order chi connectivity index (χ1) is 7.79. The van der Waals surface area contributed by atoms with Crippen molar-refractivity contribution in [1.29, 1.82) is 0 Å². The number of hydrogen-bond acceptors (Lipinski definition) is 1. The SMILES string of the molecule is CN(C(=O)c1cc(Br)ccc1Cl)C(C)(C)CCl. The molecule has 0 saturated carbocycles. The standard InChI is InChI=1S/C12H14BrCl2NO/c1-12(2,7-14)16(3)11(17)9-6-8(13)4-5-10(9)15/h4-6H,7H2,1-3H3. The molecule has 0 saturated heterocycles. The Bertz CT molecular complexity index is 435. The van der Waals surface area contributed by atoms with Crippen molar-refractivity contribution in [3.63, 3.8) is 0 Å². The van der Waals surface area contributed by atoms with Gasteiger partial charge in [-0.2, -0.15) is 0 Å². The molecule has 1 rings (SSSR count). The Morgan fingerprint density at radius 1 is 1.47 bits per heavy atom.